The molecule has 0 radical (unpaired) electrons. The highest BCUT2D eigenvalue weighted by atomic mass is 16.4. The normalized spacial score (nSPS) is 19.6. The van der Waals surface area contributed by atoms with Gasteiger partial charge in [0.25, 0.3) is 5.91 Å². The van der Waals surface area contributed by atoms with Crippen LogP contribution in [0, 0.1) is 5.92 Å². The van der Waals surface area contributed by atoms with Crippen molar-refractivity contribution in [2.24, 2.45) is 5.92 Å². The summed E-state index contributed by atoms with van der Waals surface area (Å²) >= 11 is 0. The molecule has 2 atom stereocenters. The quantitative estimate of drug-likeness (QED) is 0.787. The number of aromatic nitrogens is 2. The fourth-order valence-corrected chi connectivity index (χ4v) is 3.54. The molecule has 1 aromatic heterocycles. The van der Waals surface area contributed by atoms with E-state index in [0.29, 0.717) is 17.6 Å². The van der Waals surface area contributed by atoms with Crippen LogP contribution in [-0.4, -0.2) is 44.9 Å². The topological polar surface area (TPSA) is 83.4 Å². The van der Waals surface area contributed by atoms with Crippen LogP contribution in [0.5, 0.6) is 0 Å². The Balaban J connectivity index is 1.62. The van der Waals surface area contributed by atoms with Gasteiger partial charge in [-0.15, -0.1) is 0 Å². The molecule has 1 amide bonds. The second kappa shape index (κ2) is 6.55. The van der Waals surface area contributed by atoms with E-state index in [1.165, 1.54) is 0 Å². The third-order valence-electron chi connectivity index (χ3n) is 4.87. The molecule has 1 fully saturated rings. The van der Waals surface area contributed by atoms with Gasteiger partial charge in [0, 0.05) is 37.0 Å². The third-order valence-corrected chi connectivity index (χ3v) is 4.87. The Morgan fingerprint density at radius 1 is 0.962 bits per heavy atom. The largest absolute Gasteiger partial charge is 0.481 e. The molecule has 0 aliphatic carbocycles. The number of amides is 1. The molecule has 1 N–H and O–H groups in total. The smallest absolute Gasteiger partial charge is 0.308 e. The highest BCUT2D eigenvalue weighted by Crippen LogP contribution is 2.33. The number of carboxylic acids is 1. The first-order chi connectivity index (χ1) is 12.6. The van der Waals surface area contributed by atoms with E-state index in [4.69, 9.17) is 0 Å². The summed E-state index contributed by atoms with van der Waals surface area (Å²) in [7, 11) is 0. The standard InChI is InChI=1S/C20H17N3O3/c24-19(14-6-7-17-18(10-14)22-9-8-21-17)23-11-15(16(12-23)20(25)26)13-4-2-1-3-5-13/h1-10,15-16H,11-12H2,(H,25,26)/t15-,16+/m0/s1. The van der Waals surface area contributed by atoms with Gasteiger partial charge in [-0.1, -0.05) is 30.3 Å². The maximum atomic E-state index is 12.9. The van der Waals surface area contributed by atoms with Crippen molar-refractivity contribution < 1.29 is 14.7 Å². The van der Waals surface area contributed by atoms with Gasteiger partial charge >= 0.3 is 5.97 Å². The molecule has 1 aliphatic rings. The molecule has 2 heterocycles. The predicted octanol–water partition coefficient (Wildman–Crippen LogP) is 2.57. The molecule has 1 saturated heterocycles. The number of carbonyl (C=O) groups excluding carboxylic acids is 1. The SMILES string of the molecule is O=C(O)[C@@H]1CN(C(=O)c2ccc3nccnc3c2)C[C@H]1c1ccccc1. The van der Waals surface area contributed by atoms with E-state index >= 15 is 0 Å². The number of carboxylic acid groups (broad SMARTS) is 1. The van der Waals surface area contributed by atoms with Gasteiger partial charge in [0.05, 0.1) is 17.0 Å². The van der Waals surface area contributed by atoms with E-state index in [0.717, 1.165) is 11.1 Å². The maximum Gasteiger partial charge on any atom is 0.308 e. The van der Waals surface area contributed by atoms with Gasteiger partial charge < -0.3 is 10.0 Å². The number of benzene rings is 2. The van der Waals surface area contributed by atoms with Crippen LogP contribution in [0.25, 0.3) is 11.0 Å². The van der Waals surface area contributed by atoms with Crippen LogP contribution in [0.2, 0.25) is 0 Å². The van der Waals surface area contributed by atoms with Crippen LogP contribution in [-0.2, 0) is 4.79 Å². The van der Waals surface area contributed by atoms with Gasteiger partial charge in [0.15, 0.2) is 0 Å². The molecule has 26 heavy (non-hydrogen) atoms. The average Bonchev–Trinajstić information content (AvgIpc) is 3.13. The average molecular weight is 347 g/mol. The van der Waals surface area contributed by atoms with E-state index in [1.807, 2.05) is 30.3 Å². The molecule has 0 saturated carbocycles. The van der Waals surface area contributed by atoms with Crippen molar-refractivity contribution >= 4 is 22.9 Å². The Labute approximate surface area is 150 Å². The van der Waals surface area contributed by atoms with Crippen LogP contribution < -0.4 is 0 Å². The van der Waals surface area contributed by atoms with Gasteiger partial charge in [-0.2, -0.15) is 0 Å². The molecule has 0 spiro atoms. The Morgan fingerprint density at radius 2 is 1.69 bits per heavy atom. The number of aliphatic carboxylic acids is 1. The molecular weight excluding hydrogens is 330 g/mol. The van der Waals surface area contributed by atoms with E-state index < -0.39 is 11.9 Å². The van der Waals surface area contributed by atoms with Crippen molar-refractivity contribution in [1.29, 1.82) is 0 Å². The van der Waals surface area contributed by atoms with Crippen molar-refractivity contribution in [3.8, 4) is 0 Å². The lowest BCUT2D eigenvalue weighted by Crippen LogP contribution is -2.29. The molecule has 6 heteroatoms. The molecule has 2 aromatic carbocycles. The van der Waals surface area contributed by atoms with Gasteiger partial charge in [0.2, 0.25) is 0 Å². The number of rotatable bonds is 3. The van der Waals surface area contributed by atoms with E-state index in [1.54, 1.807) is 35.5 Å². The lowest BCUT2D eigenvalue weighted by atomic mass is 9.89. The molecule has 4 rings (SSSR count). The summed E-state index contributed by atoms with van der Waals surface area (Å²) in [6.45, 7) is 0.588. The number of hydrogen-bond donors (Lipinski definition) is 1. The minimum absolute atomic E-state index is 0.178. The Kier molecular flexibility index (Phi) is 4.08. The summed E-state index contributed by atoms with van der Waals surface area (Å²) in [6.07, 6.45) is 3.19. The number of likely N-dealkylation sites (tertiary alicyclic amines) is 1. The fraction of sp³-hybridized carbons (Fsp3) is 0.200. The lowest BCUT2D eigenvalue weighted by Gasteiger charge is -2.17. The summed E-state index contributed by atoms with van der Waals surface area (Å²) in [4.78, 5) is 34.7. The number of hydrogen-bond acceptors (Lipinski definition) is 4. The molecule has 0 bridgehead atoms. The summed E-state index contributed by atoms with van der Waals surface area (Å²) in [5.41, 5.74) is 2.80. The first-order valence-corrected chi connectivity index (χ1v) is 8.41. The van der Waals surface area contributed by atoms with E-state index in [-0.39, 0.29) is 18.4 Å². The van der Waals surface area contributed by atoms with Crippen molar-refractivity contribution in [2.75, 3.05) is 13.1 Å². The number of nitrogens with zero attached hydrogens (tertiary/aromatic N) is 3. The molecular formula is C20H17N3O3. The van der Waals surface area contributed by atoms with Crippen LogP contribution in [0.4, 0.5) is 0 Å². The van der Waals surface area contributed by atoms with Gasteiger partial charge in [-0.25, -0.2) is 0 Å². The maximum absolute atomic E-state index is 12.9. The highest BCUT2D eigenvalue weighted by Gasteiger charge is 2.40. The van der Waals surface area contributed by atoms with Crippen LogP contribution >= 0.6 is 0 Å². The van der Waals surface area contributed by atoms with Crippen LogP contribution in [0.15, 0.2) is 60.9 Å². The monoisotopic (exact) mass is 347 g/mol. The predicted molar refractivity (Wildman–Crippen MR) is 95.8 cm³/mol. The zero-order chi connectivity index (χ0) is 18.1. The number of carbonyl (C=O) groups is 2. The second-order valence-corrected chi connectivity index (χ2v) is 6.43. The zero-order valence-corrected chi connectivity index (χ0v) is 13.9. The van der Waals surface area contributed by atoms with E-state index in [9.17, 15) is 14.7 Å². The Hall–Kier alpha value is -3.28. The molecule has 1 aliphatic heterocycles. The van der Waals surface area contributed by atoms with Gasteiger partial charge in [-0.05, 0) is 23.8 Å². The van der Waals surface area contributed by atoms with Crippen molar-refractivity contribution in [1.82, 2.24) is 14.9 Å². The lowest BCUT2D eigenvalue weighted by molar-refractivity contribution is -0.141. The summed E-state index contributed by atoms with van der Waals surface area (Å²) in [6, 6.07) is 14.7. The first kappa shape index (κ1) is 16.2. The summed E-state index contributed by atoms with van der Waals surface area (Å²) in [5.74, 6) is -1.87. The summed E-state index contributed by atoms with van der Waals surface area (Å²) < 4.78 is 0. The van der Waals surface area contributed by atoms with Crippen LogP contribution in [0.1, 0.15) is 21.8 Å². The minimum atomic E-state index is -0.876. The number of fused-ring (bicyclic) bond motifs is 1. The minimum Gasteiger partial charge on any atom is -0.481 e. The highest BCUT2D eigenvalue weighted by molar-refractivity contribution is 5.97. The second-order valence-electron chi connectivity index (χ2n) is 6.43. The van der Waals surface area contributed by atoms with Crippen molar-refractivity contribution in [3.63, 3.8) is 0 Å². The summed E-state index contributed by atoms with van der Waals surface area (Å²) in [5, 5.41) is 9.60. The van der Waals surface area contributed by atoms with Crippen LogP contribution in [0.3, 0.4) is 0 Å². The molecule has 130 valence electrons. The molecule has 3 aromatic rings. The van der Waals surface area contributed by atoms with Crippen molar-refractivity contribution in [2.45, 2.75) is 5.92 Å². The Morgan fingerprint density at radius 3 is 2.42 bits per heavy atom. The fourth-order valence-electron chi connectivity index (χ4n) is 3.54. The molecule has 0 unspecified atom stereocenters. The molecule has 6 nitrogen and oxygen atoms in total. The van der Waals surface area contributed by atoms with Crippen molar-refractivity contribution in [3.05, 3.63) is 72.1 Å². The zero-order valence-electron chi connectivity index (χ0n) is 13.9. The van der Waals surface area contributed by atoms with E-state index in [2.05, 4.69) is 9.97 Å². The third kappa shape index (κ3) is 2.90. The van der Waals surface area contributed by atoms with Gasteiger partial charge in [0.1, 0.15) is 0 Å². The Bertz CT molecular complexity index is 974. The first-order valence-electron chi connectivity index (χ1n) is 8.41. The van der Waals surface area contributed by atoms with Gasteiger partial charge in [-0.3, -0.25) is 19.6 Å².